The van der Waals surface area contributed by atoms with Gasteiger partial charge in [0.1, 0.15) is 6.04 Å². The Labute approximate surface area is 172 Å². The molecule has 0 radical (unpaired) electrons. The number of hydrogen-bond donors (Lipinski definition) is 2. The predicted molar refractivity (Wildman–Crippen MR) is 112 cm³/mol. The van der Waals surface area contributed by atoms with Crippen LogP contribution in [0.15, 0.2) is 72.8 Å². The Morgan fingerprint density at radius 3 is 2.13 bits per heavy atom. The first-order chi connectivity index (χ1) is 14.5. The Bertz CT molecular complexity index is 1110. The summed E-state index contributed by atoms with van der Waals surface area (Å²) >= 11 is 0. The molecule has 3 N–H and O–H groups in total. The van der Waals surface area contributed by atoms with E-state index in [0.717, 1.165) is 22.3 Å². The van der Waals surface area contributed by atoms with E-state index >= 15 is 0 Å². The summed E-state index contributed by atoms with van der Waals surface area (Å²) in [6.45, 7) is 0. The van der Waals surface area contributed by atoms with Crippen molar-refractivity contribution >= 4 is 17.5 Å². The molecule has 4 rings (SSSR count). The first-order valence-corrected chi connectivity index (χ1v) is 9.46. The second-order valence-corrected chi connectivity index (χ2v) is 7.20. The van der Waals surface area contributed by atoms with Crippen LogP contribution in [-0.4, -0.2) is 22.8 Å². The number of rotatable bonds is 6. The molecule has 0 aliphatic heterocycles. The van der Waals surface area contributed by atoms with Crippen molar-refractivity contribution in [1.29, 1.82) is 0 Å². The zero-order valence-corrected chi connectivity index (χ0v) is 15.9. The fourth-order valence-electron chi connectivity index (χ4n) is 4.06. The second-order valence-electron chi connectivity index (χ2n) is 7.20. The predicted octanol–water partition coefficient (Wildman–Crippen LogP) is 2.92. The number of carbonyl (C=O) groups is 2. The van der Waals surface area contributed by atoms with Crippen molar-refractivity contribution in [3.63, 3.8) is 0 Å². The van der Waals surface area contributed by atoms with E-state index in [1.165, 1.54) is 18.2 Å². The van der Waals surface area contributed by atoms with E-state index in [0.29, 0.717) is 5.56 Å². The number of hydrogen-bond acceptors (Lipinski definition) is 4. The Morgan fingerprint density at radius 2 is 1.57 bits per heavy atom. The van der Waals surface area contributed by atoms with Crippen LogP contribution in [0.3, 0.4) is 0 Å². The highest BCUT2D eigenvalue weighted by atomic mass is 16.6. The smallest absolute Gasteiger partial charge is 0.269 e. The Morgan fingerprint density at radius 1 is 0.967 bits per heavy atom. The molecule has 3 aromatic carbocycles. The zero-order chi connectivity index (χ0) is 21.3. The van der Waals surface area contributed by atoms with Crippen LogP contribution in [0.1, 0.15) is 22.6 Å². The van der Waals surface area contributed by atoms with Gasteiger partial charge in [-0.2, -0.15) is 0 Å². The highest BCUT2D eigenvalue weighted by Gasteiger charge is 2.37. The van der Waals surface area contributed by atoms with Crippen LogP contribution in [0, 0.1) is 10.1 Å². The van der Waals surface area contributed by atoms with Crippen molar-refractivity contribution in [3.8, 4) is 11.1 Å². The third-order valence-corrected chi connectivity index (χ3v) is 5.32. The highest BCUT2D eigenvalue weighted by molar-refractivity contribution is 5.91. The first-order valence-electron chi connectivity index (χ1n) is 9.46. The van der Waals surface area contributed by atoms with Gasteiger partial charge in [0.2, 0.25) is 11.8 Å². The van der Waals surface area contributed by atoms with Crippen LogP contribution < -0.4 is 11.1 Å². The zero-order valence-electron chi connectivity index (χ0n) is 15.9. The van der Waals surface area contributed by atoms with Gasteiger partial charge in [0.15, 0.2) is 0 Å². The summed E-state index contributed by atoms with van der Waals surface area (Å²) in [4.78, 5) is 35.5. The SMILES string of the molecule is NC(=O)[C@H](NC(=O)Cc1cccc([N+](=O)[O-])c1)C1c2ccccc2-c2ccccc21. The number of fused-ring (bicyclic) bond motifs is 3. The summed E-state index contributed by atoms with van der Waals surface area (Å²) in [5.41, 5.74) is 9.97. The fraction of sp³-hybridized carbons (Fsp3) is 0.130. The molecule has 0 spiro atoms. The van der Waals surface area contributed by atoms with Crippen LogP contribution in [-0.2, 0) is 16.0 Å². The van der Waals surface area contributed by atoms with E-state index in [4.69, 9.17) is 5.73 Å². The van der Waals surface area contributed by atoms with Gasteiger partial charge in [-0.1, -0.05) is 60.7 Å². The van der Waals surface area contributed by atoms with Crippen molar-refractivity contribution in [3.05, 3.63) is 99.6 Å². The first kappa shape index (κ1) is 19.3. The van der Waals surface area contributed by atoms with Gasteiger partial charge in [0.05, 0.1) is 11.3 Å². The standard InChI is InChI=1S/C23H19N3O4/c24-23(28)22(25-20(27)13-14-6-5-7-15(12-14)26(29)30)21-18-10-3-1-8-16(18)17-9-2-4-11-19(17)21/h1-12,21-22H,13H2,(H2,24,28)(H,25,27)/t22-/m1/s1. The molecule has 1 atom stereocenters. The van der Waals surface area contributed by atoms with Gasteiger partial charge in [-0.3, -0.25) is 19.7 Å². The Hall–Kier alpha value is -4.00. The molecule has 3 aromatic rings. The van der Waals surface area contributed by atoms with Gasteiger partial charge in [0, 0.05) is 18.1 Å². The number of nitrogens with one attached hydrogen (secondary N) is 1. The number of benzene rings is 3. The molecule has 7 heteroatoms. The lowest BCUT2D eigenvalue weighted by Crippen LogP contribution is -2.48. The molecule has 0 bridgehead atoms. The molecule has 150 valence electrons. The molecule has 0 saturated carbocycles. The van der Waals surface area contributed by atoms with Crippen molar-refractivity contribution in [1.82, 2.24) is 5.32 Å². The number of nitro benzene ring substituents is 1. The van der Waals surface area contributed by atoms with Crippen molar-refractivity contribution in [2.24, 2.45) is 5.73 Å². The molecular weight excluding hydrogens is 382 g/mol. The van der Waals surface area contributed by atoms with Gasteiger partial charge >= 0.3 is 0 Å². The normalized spacial score (nSPS) is 13.2. The third kappa shape index (κ3) is 3.53. The van der Waals surface area contributed by atoms with Gasteiger partial charge in [-0.05, 0) is 27.8 Å². The summed E-state index contributed by atoms with van der Waals surface area (Å²) in [5.74, 6) is -1.47. The average Bonchev–Trinajstić information content (AvgIpc) is 3.06. The molecule has 0 unspecified atom stereocenters. The number of nitro groups is 1. The summed E-state index contributed by atoms with van der Waals surface area (Å²) < 4.78 is 0. The van der Waals surface area contributed by atoms with Gasteiger partial charge < -0.3 is 11.1 Å². The summed E-state index contributed by atoms with van der Waals surface area (Å²) in [7, 11) is 0. The highest BCUT2D eigenvalue weighted by Crippen LogP contribution is 2.46. The minimum Gasteiger partial charge on any atom is -0.368 e. The van der Waals surface area contributed by atoms with Gasteiger partial charge in [-0.15, -0.1) is 0 Å². The lowest BCUT2D eigenvalue weighted by Gasteiger charge is -2.24. The van der Waals surface area contributed by atoms with E-state index < -0.39 is 28.7 Å². The molecule has 7 nitrogen and oxygen atoms in total. The van der Waals surface area contributed by atoms with Gasteiger partial charge in [0.25, 0.3) is 5.69 Å². The van der Waals surface area contributed by atoms with E-state index in [2.05, 4.69) is 5.32 Å². The van der Waals surface area contributed by atoms with Crippen molar-refractivity contribution in [2.45, 2.75) is 18.4 Å². The summed E-state index contributed by atoms with van der Waals surface area (Å²) in [6.07, 6.45) is -0.0958. The monoisotopic (exact) mass is 401 g/mol. The number of carbonyl (C=O) groups excluding carboxylic acids is 2. The van der Waals surface area contributed by atoms with Crippen LogP contribution in [0.25, 0.3) is 11.1 Å². The van der Waals surface area contributed by atoms with Crippen LogP contribution >= 0.6 is 0 Å². The lowest BCUT2D eigenvalue weighted by molar-refractivity contribution is -0.384. The number of non-ortho nitro benzene ring substituents is 1. The molecule has 1 aliphatic rings. The van der Waals surface area contributed by atoms with Gasteiger partial charge in [-0.25, -0.2) is 0 Å². The minimum absolute atomic E-state index is 0.0922. The molecular formula is C23H19N3O4. The van der Waals surface area contributed by atoms with Crippen LogP contribution in [0.2, 0.25) is 0 Å². The maximum absolute atomic E-state index is 12.7. The maximum atomic E-state index is 12.7. The quantitative estimate of drug-likeness (QED) is 0.488. The number of nitrogens with zero attached hydrogens (tertiary/aromatic N) is 1. The largest absolute Gasteiger partial charge is 0.368 e. The average molecular weight is 401 g/mol. The summed E-state index contributed by atoms with van der Waals surface area (Å²) in [6, 6.07) is 20.4. The van der Waals surface area contributed by atoms with Crippen molar-refractivity contribution in [2.75, 3.05) is 0 Å². The van der Waals surface area contributed by atoms with E-state index in [1.54, 1.807) is 6.07 Å². The lowest BCUT2D eigenvalue weighted by atomic mass is 9.88. The van der Waals surface area contributed by atoms with Crippen molar-refractivity contribution < 1.29 is 14.5 Å². The molecule has 0 heterocycles. The Balaban J connectivity index is 1.62. The maximum Gasteiger partial charge on any atom is 0.269 e. The molecule has 1 aliphatic carbocycles. The fourth-order valence-corrected chi connectivity index (χ4v) is 4.06. The molecule has 0 saturated heterocycles. The summed E-state index contributed by atoms with van der Waals surface area (Å²) in [5, 5.41) is 13.7. The topological polar surface area (TPSA) is 115 Å². The number of primary amides is 1. The Kier molecular flexibility index (Phi) is 5.02. The third-order valence-electron chi connectivity index (χ3n) is 5.32. The molecule has 0 fully saturated rings. The number of nitrogens with two attached hydrogens (primary N) is 1. The minimum atomic E-state index is -0.944. The van der Waals surface area contributed by atoms with E-state index in [9.17, 15) is 19.7 Å². The molecule has 2 amide bonds. The number of amides is 2. The van der Waals surface area contributed by atoms with E-state index in [1.807, 2.05) is 48.5 Å². The molecule has 0 aromatic heterocycles. The molecule has 30 heavy (non-hydrogen) atoms. The van der Waals surface area contributed by atoms with Crippen LogP contribution in [0.5, 0.6) is 0 Å². The second kappa shape index (κ2) is 7.79. The van der Waals surface area contributed by atoms with Crippen LogP contribution in [0.4, 0.5) is 5.69 Å². The van der Waals surface area contributed by atoms with E-state index in [-0.39, 0.29) is 12.1 Å².